The molecule has 0 heterocycles. The molecule has 9 heteroatoms. The number of likely N-dealkylation sites (N-methyl/N-ethyl adjacent to an activating group) is 1. The SMILES string of the molecule is CCCCCCC/C=C\C/C=C\CCCCCCCCCCCCCCCCOCC(COP(=O)(O)OCC[N+](C)(C)C)OC(=O)CCCCCCCCCCCCCC. The number of allylic oxidation sites excluding steroid dienone is 4. The van der Waals surface area contributed by atoms with Crippen molar-refractivity contribution in [2.75, 3.05) is 54.1 Å². The van der Waals surface area contributed by atoms with E-state index in [-0.39, 0.29) is 25.8 Å². The van der Waals surface area contributed by atoms with E-state index in [0.29, 0.717) is 24.1 Å². The van der Waals surface area contributed by atoms with E-state index in [1.807, 2.05) is 21.1 Å². The number of hydrogen-bond donors (Lipinski definition) is 1. The van der Waals surface area contributed by atoms with Gasteiger partial charge in [0.15, 0.2) is 0 Å². The Hall–Kier alpha value is -1.02. The number of nitrogens with zero attached hydrogens (tertiary/aromatic N) is 1. The number of ether oxygens (including phenoxy) is 2. The van der Waals surface area contributed by atoms with Gasteiger partial charge in [0.05, 0.1) is 34.4 Å². The molecule has 356 valence electrons. The van der Waals surface area contributed by atoms with Gasteiger partial charge in [0.1, 0.15) is 19.3 Å². The van der Waals surface area contributed by atoms with E-state index < -0.39 is 13.9 Å². The van der Waals surface area contributed by atoms with Crippen LogP contribution in [0, 0.1) is 0 Å². The summed E-state index contributed by atoms with van der Waals surface area (Å²) in [5.74, 6) is -0.311. The van der Waals surface area contributed by atoms with E-state index in [2.05, 4.69) is 38.2 Å². The molecule has 0 rings (SSSR count). The van der Waals surface area contributed by atoms with E-state index >= 15 is 0 Å². The van der Waals surface area contributed by atoms with Gasteiger partial charge in [-0.25, -0.2) is 4.57 Å². The summed E-state index contributed by atoms with van der Waals surface area (Å²) in [6.45, 7) is 5.65. The van der Waals surface area contributed by atoms with Crippen molar-refractivity contribution < 1.29 is 37.3 Å². The van der Waals surface area contributed by atoms with Gasteiger partial charge >= 0.3 is 13.8 Å². The third kappa shape index (κ3) is 48.0. The second-order valence-electron chi connectivity index (χ2n) is 18.6. The van der Waals surface area contributed by atoms with Gasteiger partial charge in [-0.05, 0) is 44.9 Å². The van der Waals surface area contributed by atoms with Crippen molar-refractivity contribution in [3.63, 3.8) is 0 Å². The predicted octanol–water partition coefficient (Wildman–Crippen LogP) is 15.6. The van der Waals surface area contributed by atoms with Gasteiger partial charge in [-0.15, -0.1) is 0 Å². The van der Waals surface area contributed by atoms with Crippen molar-refractivity contribution in [3.05, 3.63) is 24.3 Å². The topological polar surface area (TPSA) is 91.3 Å². The Kier molecular flexibility index (Phi) is 43.8. The molecule has 0 aliphatic carbocycles. The van der Waals surface area contributed by atoms with E-state index in [4.69, 9.17) is 18.5 Å². The first kappa shape index (κ1) is 59.0. The Morgan fingerprint density at radius 1 is 0.517 bits per heavy atom. The molecule has 0 radical (unpaired) electrons. The van der Waals surface area contributed by atoms with Crippen LogP contribution < -0.4 is 0 Å². The minimum atomic E-state index is -4.27. The molecule has 0 saturated carbocycles. The summed E-state index contributed by atoms with van der Waals surface area (Å²) in [5.41, 5.74) is 0. The van der Waals surface area contributed by atoms with Crippen molar-refractivity contribution in [3.8, 4) is 0 Å². The van der Waals surface area contributed by atoms with Crippen LogP contribution in [0.2, 0.25) is 0 Å². The van der Waals surface area contributed by atoms with Crippen molar-refractivity contribution in [2.24, 2.45) is 0 Å². The van der Waals surface area contributed by atoms with Gasteiger partial charge in [0.25, 0.3) is 0 Å². The molecule has 0 bridgehead atoms. The lowest BCUT2D eigenvalue weighted by atomic mass is 10.0. The number of rotatable bonds is 48. The molecule has 0 amide bonds. The third-order valence-electron chi connectivity index (χ3n) is 11.3. The summed E-state index contributed by atoms with van der Waals surface area (Å²) < 4.78 is 35.1. The van der Waals surface area contributed by atoms with E-state index in [9.17, 15) is 14.3 Å². The summed E-state index contributed by atoms with van der Waals surface area (Å²) >= 11 is 0. The van der Waals surface area contributed by atoms with Gasteiger partial charge in [0, 0.05) is 13.0 Å². The molecule has 0 aliphatic heterocycles. The van der Waals surface area contributed by atoms with Crippen molar-refractivity contribution in [1.82, 2.24) is 0 Å². The van der Waals surface area contributed by atoms with Crippen molar-refractivity contribution in [2.45, 2.75) is 245 Å². The number of esters is 1. The third-order valence-corrected chi connectivity index (χ3v) is 12.2. The molecule has 0 aromatic heterocycles. The second-order valence-corrected chi connectivity index (χ2v) is 20.0. The fourth-order valence-corrected chi connectivity index (χ4v) is 8.03. The molecule has 8 nitrogen and oxygen atoms in total. The number of quaternary nitrogens is 1. The number of phosphoric ester groups is 1. The highest BCUT2D eigenvalue weighted by Gasteiger charge is 2.26. The lowest BCUT2D eigenvalue weighted by molar-refractivity contribution is -0.870. The molecule has 0 aliphatic rings. The molecule has 60 heavy (non-hydrogen) atoms. The lowest BCUT2D eigenvalue weighted by Crippen LogP contribution is -2.37. The van der Waals surface area contributed by atoms with Gasteiger partial charge < -0.3 is 18.9 Å². The van der Waals surface area contributed by atoms with Gasteiger partial charge in [0.2, 0.25) is 0 Å². The zero-order valence-electron chi connectivity index (χ0n) is 40.5. The zero-order valence-corrected chi connectivity index (χ0v) is 41.4. The monoisotopic (exact) mass is 871 g/mol. The molecule has 0 spiro atoms. The standard InChI is InChI=1S/C51H100NO7P/c1-6-8-10-12-14-16-18-20-21-22-23-24-25-26-27-28-29-30-31-32-33-35-37-39-41-43-46-56-48-50(49-58-60(54,55)57-47-45-52(3,4)5)59-51(53)44-42-40-38-36-34-19-17-15-13-11-9-7-2/h18,20,22-23,50H,6-17,19,21,24-49H2,1-5H3/p+1/b20-18-,23-22-. The lowest BCUT2D eigenvalue weighted by Gasteiger charge is -2.24. The highest BCUT2D eigenvalue weighted by atomic mass is 31.2. The number of hydrogen-bond acceptors (Lipinski definition) is 6. The van der Waals surface area contributed by atoms with Gasteiger partial charge in [-0.1, -0.05) is 212 Å². The van der Waals surface area contributed by atoms with Crippen LogP contribution in [0.3, 0.4) is 0 Å². The largest absolute Gasteiger partial charge is 0.472 e. The number of carbonyl (C=O) groups is 1. The molecular weight excluding hydrogens is 770 g/mol. The summed E-state index contributed by atoms with van der Waals surface area (Å²) in [6, 6.07) is 0. The number of unbranched alkanes of at least 4 members (excludes halogenated alkanes) is 30. The quantitative estimate of drug-likeness (QED) is 0.0214. The van der Waals surface area contributed by atoms with Crippen LogP contribution >= 0.6 is 7.82 Å². The van der Waals surface area contributed by atoms with Crippen LogP contribution in [0.4, 0.5) is 0 Å². The van der Waals surface area contributed by atoms with Crippen LogP contribution in [0.15, 0.2) is 24.3 Å². The summed E-state index contributed by atoms with van der Waals surface area (Å²) in [7, 11) is 1.68. The van der Waals surface area contributed by atoms with Crippen molar-refractivity contribution >= 4 is 13.8 Å². The van der Waals surface area contributed by atoms with Gasteiger partial charge in [-0.2, -0.15) is 0 Å². The Morgan fingerprint density at radius 2 is 0.917 bits per heavy atom. The normalized spacial score (nSPS) is 13.8. The maximum atomic E-state index is 12.7. The first-order valence-electron chi connectivity index (χ1n) is 25.6. The van der Waals surface area contributed by atoms with E-state index in [1.54, 1.807) is 0 Å². The van der Waals surface area contributed by atoms with Crippen molar-refractivity contribution in [1.29, 1.82) is 0 Å². The first-order valence-corrected chi connectivity index (χ1v) is 27.1. The molecule has 0 aromatic carbocycles. The summed E-state index contributed by atoms with van der Waals surface area (Å²) in [4.78, 5) is 22.9. The van der Waals surface area contributed by atoms with Crippen LogP contribution in [0.1, 0.15) is 239 Å². The minimum absolute atomic E-state index is 0.0913. The molecule has 0 aromatic rings. The fourth-order valence-electron chi connectivity index (χ4n) is 7.29. The molecule has 2 atom stereocenters. The van der Waals surface area contributed by atoms with Crippen LogP contribution in [0.25, 0.3) is 0 Å². The Morgan fingerprint density at radius 3 is 1.35 bits per heavy atom. The summed E-state index contributed by atoms with van der Waals surface area (Å²) in [5, 5.41) is 0. The average molecular weight is 871 g/mol. The Bertz CT molecular complexity index is 1010. The van der Waals surface area contributed by atoms with Gasteiger partial charge in [-0.3, -0.25) is 13.8 Å². The highest BCUT2D eigenvalue weighted by Crippen LogP contribution is 2.43. The number of carbonyl (C=O) groups excluding carboxylic acids is 1. The maximum Gasteiger partial charge on any atom is 0.472 e. The Labute approximate surface area is 373 Å². The van der Waals surface area contributed by atoms with E-state index in [0.717, 1.165) is 38.5 Å². The highest BCUT2D eigenvalue weighted by molar-refractivity contribution is 7.47. The molecule has 0 saturated heterocycles. The smallest absolute Gasteiger partial charge is 0.457 e. The second kappa shape index (κ2) is 44.6. The first-order chi connectivity index (χ1) is 29.1. The van der Waals surface area contributed by atoms with Crippen LogP contribution in [-0.4, -0.2) is 75.6 Å². The molecular formula is C51H101NO7P+. The molecule has 0 fully saturated rings. The predicted molar refractivity (Wildman–Crippen MR) is 257 cm³/mol. The summed E-state index contributed by atoms with van der Waals surface area (Å²) in [6.07, 6.45) is 52.3. The fraction of sp³-hybridized carbons (Fsp3) is 0.902. The average Bonchev–Trinajstić information content (AvgIpc) is 3.20. The maximum absolute atomic E-state index is 12.7. The number of phosphoric acid groups is 1. The molecule has 1 N–H and O–H groups in total. The van der Waals surface area contributed by atoms with Crippen LogP contribution in [-0.2, 0) is 27.9 Å². The zero-order chi connectivity index (χ0) is 44.1. The van der Waals surface area contributed by atoms with E-state index in [1.165, 1.54) is 180 Å². The molecule has 2 unspecified atom stereocenters. The Balaban J connectivity index is 4.01. The van der Waals surface area contributed by atoms with Crippen LogP contribution in [0.5, 0.6) is 0 Å². The minimum Gasteiger partial charge on any atom is -0.457 e.